The van der Waals surface area contributed by atoms with E-state index in [-0.39, 0.29) is 11.9 Å². The van der Waals surface area contributed by atoms with Crippen LogP contribution in [-0.2, 0) is 11.3 Å². The van der Waals surface area contributed by atoms with E-state index in [9.17, 15) is 4.79 Å². The second kappa shape index (κ2) is 4.28. The predicted molar refractivity (Wildman–Crippen MR) is 53.6 cm³/mol. The molecule has 1 rings (SSSR count). The summed E-state index contributed by atoms with van der Waals surface area (Å²) >= 11 is 0. The lowest BCUT2D eigenvalue weighted by atomic mass is 10.3. The van der Waals surface area contributed by atoms with Crippen LogP contribution in [0.15, 0.2) is 16.5 Å². The predicted octanol–water partition coefficient (Wildman–Crippen LogP) is 0.894. The van der Waals surface area contributed by atoms with E-state index >= 15 is 0 Å². The molecule has 0 spiro atoms. The Bertz CT molecular complexity index is 320. The summed E-state index contributed by atoms with van der Waals surface area (Å²) in [7, 11) is 1.84. The lowest BCUT2D eigenvalue weighted by molar-refractivity contribution is -0.122. The zero-order valence-electron chi connectivity index (χ0n) is 8.78. The maximum Gasteiger partial charge on any atom is 0.234 e. The molecule has 14 heavy (non-hydrogen) atoms. The van der Waals surface area contributed by atoms with Crippen molar-refractivity contribution in [1.82, 2.24) is 4.90 Å². The Labute approximate surface area is 83.7 Å². The van der Waals surface area contributed by atoms with Crippen LogP contribution < -0.4 is 5.73 Å². The van der Waals surface area contributed by atoms with Gasteiger partial charge in [0.25, 0.3) is 0 Å². The Morgan fingerprint density at radius 2 is 2.29 bits per heavy atom. The molecule has 1 heterocycles. The summed E-state index contributed by atoms with van der Waals surface area (Å²) < 4.78 is 5.39. The first-order valence-electron chi connectivity index (χ1n) is 4.55. The summed E-state index contributed by atoms with van der Waals surface area (Å²) in [5.74, 6) is 1.40. The maximum absolute atomic E-state index is 10.9. The third-order valence-corrected chi connectivity index (χ3v) is 2.27. The van der Waals surface area contributed by atoms with Gasteiger partial charge in [0.15, 0.2) is 0 Å². The Balaban J connectivity index is 2.56. The normalized spacial score (nSPS) is 13.1. The number of carbonyl (C=O) groups excluding carboxylic acids is 1. The molecule has 0 aliphatic heterocycles. The largest absolute Gasteiger partial charge is 0.465 e. The van der Waals surface area contributed by atoms with Crippen molar-refractivity contribution >= 4 is 5.91 Å². The molecule has 0 aromatic carbocycles. The molecule has 78 valence electrons. The minimum atomic E-state index is -0.323. The summed E-state index contributed by atoms with van der Waals surface area (Å²) in [5.41, 5.74) is 5.18. The van der Waals surface area contributed by atoms with E-state index in [1.807, 2.05) is 31.0 Å². The molecular weight excluding hydrogens is 180 g/mol. The molecule has 4 heteroatoms. The van der Waals surface area contributed by atoms with Crippen molar-refractivity contribution in [3.8, 4) is 0 Å². The number of hydrogen-bond donors (Lipinski definition) is 1. The molecule has 0 aliphatic rings. The van der Waals surface area contributed by atoms with Crippen molar-refractivity contribution < 1.29 is 9.21 Å². The molecule has 0 radical (unpaired) electrons. The molecule has 0 saturated carbocycles. The minimum absolute atomic E-state index is 0.277. The van der Waals surface area contributed by atoms with Gasteiger partial charge in [0.2, 0.25) is 5.91 Å². The van der Waals surface area contributed by atoms with Gasteiger partial charge in [0, 0.05) is 0 Å². The molecule has 2 N–H and O–H groups in total. The van der Waals surface area contributed by atoms with Crippen molar-refractivity contribution in [2.24, 2.45) is 5.73 Å². The molecule has 0 fully saturated rings. The number of aryl methyl sites for hydroxylation is 1. The third-order valence-electron chi connectivity index (χ3n) is 2.27. The van der Waals surface area contributed by atoms with E-state index in [0.717, 1.165) is 11.5 Å². The van der Waals surface area contributed by atoms with E-state index in [1.54, 1.807) is 6.92 Å². The summed E-state index contributed by atoms with van der Waals surface area (Å²) in [5, 5.41) is 0. The van der Waals surface area contributed by atoms with Crippen molar-refractivity contribution in [3.63, 3.8) is 0 Å². The average molecular weight is 196 g/mol. The number of furan rings is 1. The van der Waals surface area contributed by atoms with Gasteiger partial charge in [-0.3, -0.25) is 9.69 Å². The van der Waals surface area contributed by atoms with Gasteiger partial charge in [-0.2, -0.15) is 0 Å². The van der Waals surface area contributed by atoms with Crippen molar-refractivity contribution in [2.45, 2.75) is 26.4 Å². The lowest BCUT2D eigenvalue weighted by Crippen LogP contribution is -2.39. The molecule has 1 amide bonds. The Morgan fingerprint density at radius 3 is 2.71 bits per heavy atom. The molecule has 4 nitrogen and oxygen atoms in total. The highest BCUT2D eigenvalue weighted by molar-refractivity contribution is 5.79. The monoisotopic (exact) mass is 196 g/mol. The quantitative estimate of drug-likeness (QED) is 0.778. The topological polar surface area (TPSA) is 59.5 Å². The fraction of sp³-hybridized carbons (Fsp3) is 0.500. The SMILES string of the molecule is Cc1ccc(CN(C)C(C)C(N)=O)o1. The van der Waals surface area contributed by atoms with Crippen molar-refractivity contribution in [2.75, 3.05) is 7.05 Å². The van der Waals surface area contributed by atoms with Gasteiger partial charge in [-0.05, 0) is 33.0 Å². The Kier molecular flexibility index (Phi) is 3.30. The zero-order valence-corrected chi connectivity index (χ0v) is 8.78. The second-order valence-corrected chi connectivity index (χ2v) is 3.51. The molecule has 1 aromatic rings. The molecule has 0 saturated heterocycles. The highest BCUT2D eigenvalue weighted by Gasteiger charge is 2.15. The van der Waals surface area contributed by atoms with Crippen LogP contribution in [0.2, 0.25) is 0 Å². The van der Waals surface area contributed by atoms with Crippen LogP contribution in [0.5, 0.6) is 0 Å². The Morgan fingerprint density at radius 1 is 1.64 bits per heavy atom. The first-order chi connectivity index (χ1) is 6.50. The van der Waals surface area contributed by atoms with Crippen LogP contribution in [0, 0.1) is 6.92 Å². The average Bonchev–Trinajstić information content (AvgIpc) is 2.49. The first kappa shape index (κ1) is 10.8. The van der Waals surface area contributed by atoms with Gasteiger partial charge in [-0.1, -0.05) is 0 Å². The molecule has 0 bridgehead atoms. The highest BCUT2D eigenvalue weighted by atomic mass is 16.3. The molecular formula is C10H16N2O2. The number of hydrogen-bond acceptors (Lipinski definition) is 3. The number of primary amides is 1. The number of rotatable bonds is 4. The number of likely N-dealkylation sites (N-methyl/N-ethyl adjacent to an activating group) is 1. The summed E-state index contributed by atoms with van der Waals surface area (Å²) in [4.78, 5) is 12.7. The van der Waals surface area contributed by atoms with E-state index in [2.05, 4.69) is 0 Å². The van der Waals surface area contributed by atoms with Gasteiger partial charge in [-0.25, -0.2) is 0 Å². The van der Waals surface area contributed by atoms with Gasteiger partial charge < -0.3 is 10.2 Å². The molecule has 0 aliphatic carbocycles. The van der Waals surface area contributed by atoms with Gasteiger partial charge in [0.1, 0.15) is 11.5 Å². The summed E-state index contributed by atoms with van der Waals surface area (Å²) in [6.45, 7) is 4.26. The smallest absolute Gasteiger partial charge is 0.234 e. The van der Waals surface area contributed by atoms with E-state index < -0.39 is 0 Å². The van der Waals surface area contributed by atoms with Crippen LogP contribution in [0.3, 0.4) is 0 Å². The van der Waals surface area contributed by atoms with Crippen LogP contribution in [0.1, 0.15) is 18.4 Å². The van der Waals surface area contributed by atoms with Gasteiger partial charge in [0.05, 0.1) is 12.6 Å². The van der Waals surface area contributed by atoms with E-state index in [0.29, 0.717) is 6.54 Å². The second-order valence-electron chi connectivity index (χ2n) is 3.51. The number of nitrogens with zero attached hydrogens (tertiary/aromatic N) is 1. The number of nitrogens with two attached hydrogens (primary N) is 1. The molecule has 1 atom stereocenters. The van der Waals surface area contributed by atoms with Gasteiger partial charge in [-0.15, -0.1) is 0 Å². The van der Waals surface area contributed by atoms with Crippen molar-refractivity contribution in [3.05, 3.63) is 23.7 Å². The number of carbonyl (C=O) groups is 1. The summed E-state index contributed by atoms with van der Waals surface area (Å²) in [6.07, 6.45) is 0. The van der Waals surface area contributed by atoms with Crippen LogP contribution in [0.25, 0.3) is 0 Å². The molecule has 1 aromatic heterocycles. The standard InChI is InChI=1S/C10H16N2O2/c1-7-4-5-9(14-7)6-12(3)8(2)10(11)13/h4-5,8H,6H2,1-3H3,(H2,11,13). The first-order valence-corrected chi connectivity index (χ1v) is 4.55. The fourth-order valence-corrected chi connectivity index (χ4v) is 1.17. The van der Waals surface area contributed by atoms with Crippen LogP contribution in [-0.4, -0.2) is 23.9 Å². The Hall–Kier alpha value is -1.29. The van der Waals surface area contributed by atoms with E-state index in [4.69, 9.17) is 10.2 Å². The zero-order chi connectivity index (χ0) is 10.7. The van der Waals surface area contributed by atoms with Crippen molar-refractivity contribution in [1.29, 1.82) is 0 Å². The summed E-state index contributed by atoms with van der Waals surface area (Å²) in [6, 6.07) is 3.53. The van der Waals surface area contributed by atoms with Crippen LogP contribution in [0.4, 0.5) is 0 Å². The molecule has 1 unspecified atom stereocenters. The minimum Gasteiger partial charge on any atom is -0.465 e. The number of amides is 1. The third kappa shape index (κ3) is 2.60. The van der Waals surface area contributed by atoms with Gasteiger partial charge >= 0.3 is 0 Å². The fourth-order valence-electron chi connectivity index (χ4n) is 1.17. The van der Waals surface area contributed by atoms with E-state index in [1.165, 1.54) is 0 Å². The maximum atomic E-state index is 10.9. The van der Waals surface area contributed by atoms with Crippen LogP contribution >= 0.6 is 0 Å². The highest BCUT2D eigenvalue weighted by Crippen LogP contribution is 2.09. The lowest BCUT2D eigenvalue weighted by Gasteiger charge is -2.20.